The molecular formula is C64H84N4O16S4. The molecule has 8 bridgehead atoms. The van der Waals surface area contributed by atoms with Gasteiger partial charge in [-0.15, -0.1) is 0 Å². The minimum Gasteiger partial charge on any atom is -0.481 e. The first-order chi connectivity index (χ1) is 41.1. The van der Waals surface area contributed by atoms with Crippen LogP contribution in [0.25, 0.3) is 0 Å². The zero-order chi connectivity index (χ0) is 65.3. The molecule has 1 heterocycles. The largest absolute Gasteiger partial charge is 0.481 e. The van der Waals surface area contributed by atoms with Crippen LogP contribution in [0, 0.1) is 0 Å². The van der Waals surface area contributed by atoms with Gasteiger partial charge in [-0.2, -0.15) is 0 Å². The van der Waals surface area contributed by atoms with Crippen LogP contribution in [0.15, 0.2) is 87.7 Å². The first-order valence-corrected chi connectivity index (χ1v) is 31.9. The molecule has 0 atom stereocenters. The molecule has 20 nitrogen and oxygen atoms in total. The molecule has 1 aliphatic heterocycles. The van der Waals surface area contributed by atoms with E-state index in [1.165, 1.54) is 74.7 Å². The molecule has 4 aromatic rings. The molecule has 0 fully saturated rings. The summed E-state index contributed by atoms with van der Waals surface area (Å²) in [6.45, 7) is 28.1. The highest BCUT2D eigenvalue weighted by atomic mass is 32.2. The van der Waals surface area contributed by atoms with Crippen LogP contribution in [0.1, 0.15) is 133 Å². The van der Waals surface area contributed by atoms with Gasteiger partial charge in [0.2, 0.25) is 0 Å². The lowest BCUT2D eigenvalue weighted by atomic mass is 9.87. The third-order valence-electron chi connectivity index (χ3n) is 12.7. The van der Waals surface area contributed by atoms with Crippen molar-refractivity contribution in [3.63, 3.8) is 0 Å². The molecule has 0 saturated carbocycles. The topological polar surface area (TPSA) is 259 Å². The fourth-order valence-corrected chi connectivity index (χ4v) is 12.8. The smallest absolute Gasteiger partial charge is 0.302 e. The maximum absolute atomic E-state index is 13.8. The minimum absolute atomic E-state index is 0.0288. The molecule has 88 heavy (non-hydrogen) atoms. The highest BCUT2D eigenvalue weighted by molar-refractivity contribution is 8.01. The van der Waals surface area contributed by atoms with Gasteiger partial charge in [-0.3, -0.25) is 38.4 Å². The molecule has 0 unspecified atom stereocenters. The normalized spacial score (nSPS) is 12.4. The monoisotopic (exact) mass is 1290 g/mol. The average Bonchev–Trinajstić information content (AvgIpc) is 1.05. The Labute approximate surface area is 533 Å². The summed E-state index contributed by atoms with van der Waals surface area (Å²) in [5.41, 5.74) is 1.57. The highest BCUT2D eigenvalue weighted by Gasteiger charge is 2.32. The third kappa shape index (κ3) is 23.0. The molecule has 1 aliphatic rings. The van der Waals surface area contributed by atoms with Crippen molar-refractivity contribution < 1.29 is 76.3 Å². The van der Waals surface area contributed by atoms with Crippen LogP contribution in [-0.2, 0) is 79.0 Å². The molecule has 4 aromatic carbocycles. The number of fused-ring (bicyclic) bond motifs is 8. The van der Waals surface area contributed by atoms with E-state index in [1.54, 1.807) is 0 Å². The number of esters is 4. The molecule has 0 aliphatic carbocycles. The van der Waals surface area contributed by atoms with E-state index in [4.69, 9.17) is 37.9 Å². The van der Waals surface area contributed by atoms with Gasteiger partial charge in [0.25, 0.3) is 23.6 Å². The van der Waals surface area contributed by atoms with Gasteiger partial charge < -0.3 is 59.2 Å². The van der Waals surface area contributed by atoms with Crippen molar-refractivity contribution in [2.24, 2.45) is 0 Å². The van der Waals surface area contributed by atoms with Gasteiger partial charge in [-0.1, -0.05) is 130 Å². The van der Waals surface area contributed by atoms with Crippen molar-refractivity contribution in [3.8, 4) is 23.0 Å². The standard InChI is InChI=1S/C64H84N4O16S4/c1-37(69)77-21-17-65-53(73)33-81-57-45-25-41(61(5,6)7)26-46(57)86-48-28-43(63(11,12)13)30-50(59(48)83-35-55(75)67-19-23-79-39(3)71)88-52-32-44(64(14,15)16)31-51(60(52)84-36-56(76)68-20-24-80-40(4)72)87-49-29-42(62(8,9)10)27-47(85-45)58(49)82-34-54(74)66-18-22-78-38(2)70/h25-32H,17-24,33-36H2,1-16H3,(H,65,73)(H,66,74)(H,67,75)(H,68,76). The van der Waals surface area contributed by atoms with Gasteiger partial charge in [-0.25, -0.2) is 0 Å². The molecule has 4 amide bonds. The van der Waals surface area contributed by atoms with Crippen molar-refractivity contribution in [1.29, 1.82) is 0 Å². The molecule has 0 radical (unpaired) electrons. The van der Waals surface area contributed by atoms with Crippen LogP contribution in [-0.4, -0.2) is 127 Å². The Kier molecular flexibility index (Phi) is 26.3. The van der Waals surface area contributed by atoms with Crippen LogP contribution in [0.3, 0.4) is 0 Å². The van der Waals surface area contributed by atoms with Gasteiger partial charge in [0.1, 0.15) is 49.4 Å². The summed E-state index contributed by atoms with van der Waals surface area (Å²) in [5, 5.41) is 11.1. The van der Waals surface area contributed by atoms with E-state index in [1.807, 2.05) is 48.5 Å². The summed E-state index contributed by atoms with van der Waals surface area (Å²) in [5.74, 6) is -2.74. The van der Waals surface area contributed by atoms with Crippen LogP contribution in [0.4, 0.5) is 0 Å². The second kappa shape index (κ2) is 32.1. The Hall–Kier alpha value is -6.76. The Bertz CT molecular complexity index is 2700. The van der Waals surface area contributed by atoms with E-state index in [0.717, 1.165) is 22.3 Å². The quantitative estimate of drug-likeness (QED) is 0.0254. The summed E-state index contributed by atoms with van der Waals surface area (Å²) < 4.78 is 47.3. The number of rotatable bonds is 24. The van der Waals surface area contributed by atoms with E-state index in [2.05, 4.69) is 104 Å². The lowest BCUT2D eigenvalue weighted by Crippen LogP contribution is -2.32. The number of ether oxygens (including phenoxy) is 8. The molecular weight excluding hydrogens is 1210 g/mol. The number of carbonyl (C=O) groups excluding carboxylic acids is 8. The van der Waals surface area contributed by atoms with Crippen LogP contribution < -0.4 is 40.2 Å². The van der Waals surface area contributed by atoms with Gasteiger partial charge >= 0.3 is 23.9 Å². The number of hydrogen-bond donors (Lipinski definition) is 4. The fourth-order valence-electron chi connectivity index (χ4n) is 7.98. The van der Waals surface area contributed by atoms with E-state index < -0.39 is 95.6 Å². The summed E-state index contributed by atoms with van der Waals surface area (Å²) in [6.07, 6.45) is 0. The van der Waals surface area contributed by atoms with Crippen molar-refractivity contribution in [3.05, 3.63) is 70.8 Å². The highest BCUT2D eigenvalue weighted by Crippen LogP contribution is 2.56. The maximum Gasteiger partial charge on any atom is 0.302 e. The number of carbonyl (C=O) groups is 8. The van der Waals surface area contributed by atoms with Crippen molar-refractivity contribution in [2.75, 3.05) is 79.0 Å². The maximum atomic E-state index is 13.8. The zero-order valence-corrected chi connectivity index (χ0v) is 56.5. The molecule has 0 aromatic heterocycles. The molecule has 0 spiro atoms. The summed E-state index contributed by atoms with van der Waals surface area (Å²) in [6, 6.07) is 16.0. The van der Waals surface area contributed by atoms with Gasteiger partial charge in [0.05, 0.1) is 65.3 Å². The van der Waals surface area contributed by atoms with Crippen LogP contribution in [0.5, 0.6) is 23.0 Å². The van der Waals surface area contributed by atoms with Crippen molar-refractivity contribution >= 4 is 94.6 Å². The Morgan fingerprint density at radius 2 is 0.466 bits per heavy atom. The second-order valence-electron chi connectivity index (χ2n) is 24.5. The van der Waals surface area contributed by atoms with E-state index in [-0.39, 0.29) is 52.6 Å². The summed E-state index contributed by atoms with van der Waals surface area (Å²) in [7, 11) is 0. The van der Waals surface area contributed by atoms with E-state index in [0.29, 0.717) is 62.2 Å². The number of amides is 4. The number of nitrogens with one attached hydrogen (secondary N) is 4. The van der Waals surface area contributed by atoms with Crippen LogP contribution in [0.2, 0.25) is 0 Å². The lowest BCUT2D eigenvalue weighted by molar-refractivity contribution is -0.142. The minimum atomic E-state index is -0.497. The molecule has 5 rings (SSSR count). The molecule has 4 N–H and O–H groups in total. The van der Waals surface area contributed by atoms with E-state index >= 15 is 0 Å². The van der Waals surface area contributed by atoms with Crippen LogP contribution >= 0.6 is 47.0 Å². The third-order valence-corrected chi connectivity index (χ3v) is 16.9. The van der Waals surface area contributed by atoms with Crippen molar-refractivity contribution in [1.82, 2.24) is 21.3 Å². The fraction of sp³-hybridized carbons (Fsp3) is 0.500. The number of hydrogen-bond acceptors (Lipinski definition) is 20. The van der Waals surface area contributed by atoms with Crippen molar-refractivity contribution in [2.45, 2.75) is 172 Å². The van der Waals surface area contributed by atoms with Gasteiger partial charge in [-0.05, 0) is 92.4 Å². The summed E-state index contributed by atoms with van der Waals surface area (Å²) >= 11 is 5.21. The SMILES string of the molecule is CC(=O)OCCNC(=O)COc1c2cc(C(C)(C)C)cc1Sc1cc(C(C)(C)C)cc(c1OCC(=O)NCCOC(C)=O)Sc1cc(C(C)(C)C)cc(c1OCC(=O)NCCOC(C)=O)Sc1cc(C(C)(C)C)cc(c1OCC(=O)NCCOC(C)=O)S2. The van der Waals surface area contributed by atoms with Gasteiger partial charge in [0, 0.05) is 27.7 Å². The van der Waals surface area contributed by atoms with Gasteiger partial charge in [0.15, 0.2) is 26.4 Å². The zero-order valence-electron chi connectivity index (χ0n) is 53.3. The Balaban J connectivity index is 1.94. The van der Waals surface area contributed by atoms with E-state index in [9.17, 15) is 38.4 Å². The molecule has 24 heteroatoms. The first kappa shape index (κ1) is 72.0. The number of benzene rings is 4. The Morgan fingerprint density at radius 1 is 0.307 bits per heavy atom. The molecule has 0 saturated heterocycles. The summed E-state index contributed by atoms with van der Waals surface area (Å²) in [4.78, 5) is 106. The second-order valence-corrected chi connectivity index (χ2v) is 28.9. The lowest BCUT2D eigenvalue weighted by Gasteiger charge is -2.28. The first-order valence-electron chi connectivity index (χ1n) is 28.7. The average molecular weight is 1290 g/mol. The molecule has 480 valence electrons. The predicted octanol–water partition coefficient (Wildman–Crippen LogP) is 10.0. The Morgan fingerprint density at radius 3 is 0.602 bits per heavy atom. The predicted molar refractivity (Wildman–Crippen MR) is 338 cm³/mol.